The van der Waals surface area contributed by atoms with Crippen LogP contribution in [-0.2, 0) is 17.9 Å². The second-order valence-corrected chi connectivity index (χ2v) is 8.75. The van der Waals surface area contributed by atoms with Crippen LogP contribution in [0.3, 0.4) is 0 Å². The van der Waals surface area contributed by atoms with Gasteiger partial charge in [0.15, 0.2) is 0 Å². The van der Waals surface area contributed by atoms with Crippen molar-refractivity contribution in [1.82, 2.24) is 9.80 Å². The summed E-state index contributed by atoms with van der Waals surface area (Å²) in [5.74, 6) is -0.112. The van der Waals surface area contributed by atoms with Crippen LogP contribution in [0.2, 0.25) is 0 Å². The summed E-state index contributed by atoms with van der Waals surface area (Å²) in [6.45, 7) is 9.02. The first-order valence-corrected chi connectivity index (χ1v) is 11.4. The van der Waals surface area contributed by atoms with Crippen LogP contribution in [0.1, 0.15) is 21.6 Å². The lowest BCUT2D eigenvalue weighted by Gasteiger charge is -2.27. The molecular formula is C26H29N3O2S. The highest BCUT2D eigenvalue weighted by Gasteiger charge is 2.21. The van der Waals surface area contributed by atoms with Gasteiger partial charge in [0.2, 0.25) is 5.91 Å². The van der Waals surface area contributed by atoms with Crippen LogP contribution in [-0.4, -0.2) is 34.8 Å². The highest BCUT2D eigenvalue weighted by molar-refractivity contribution is 7.09. The molecule has 32 heavy (non-hydrogen) atoms. The normalized spacial score (nSPS) is 10.4. The average Bonchev–Trinajstić information content (AvgIpc) is 3.29. The molecule has 1 N–H and O–H groups in total. The Morgan fingerprint density at radius 2 is 1.75 bits per heavy atom. The number of aryl methyl sites for hydroxylation is 2. The van der Waals surface area contributed by atoms with Crippen LogP contribution >= 0.6 is 11.3 Å². The molecule has 0 unspecified atom stereocenters. The molecule has 0 bridgehead atoms. The van der Waals surface area contributed by atoms with Crippen LogP contribution in [0, 0.1) is 13.8 Å². The van der Waals surface area contributed by atoms with E-state index in [2.05, 4.69) is 11.9 Å². The Kier molecular flexibility index (Phi) is 8.22. The van der Waals surface area contributed by atoms with Gasteiger partial charge in [-0.3, -0.25) is 4.79 Å². The molecule has 0 spiro atoms. The molecule has 3 rings (SSSR count). The molecule has 5 nitrogen and oxygen atoms in total. The van der Waals surface area contributed by atoms with Gasteiger partial charge >= 0.3 is 6.03 Å². The molecule has 3 amide bonds. The Bertz CT molecular complexity index is 1050. The number of amides is 3. The van der Waals surface area contributed by atoms with Crippen LogP contribution in [0.25, 0.3) is 0 Å². The van der Waals surface area contributed by atoms with E-state index in [1.807, 2.05) is 79.9 Å². The first kappa shape index (κ1) is 23.3. The van der Waals surface area contributed by atoms with E-state index >= 15 is 0 Å². The molecule has 0 saturated heterocycles. The van der Waals surface area contributed by atoms with Crippen molar-refractivity contribution >= 4 is 29.0 Å². The molecule has 166 valence electrons. The number of hydrogen-bond acceptors (Lipinski definition) is 3. The number of thiophene rings is 1. The van der Waals surface area contributed by atoms with Crippen molar-refractivity contribution in [3.63, 3.8) is 0 Å². The summed E-state index contributed by atoms with van der Waals surface area (Å²) in [6, 6.07) is 19.3. The Morgan fingerprint density at radius 3 is 2.41 bits per heavy atom. The first-order valence-electron chi connectivity index (χ1n) is 10.5. The summed E-state index contributed by atoms with van der Waals surface area (Å²) >= 11 is 1.62. The molecule has 1 aromatic heterocycles. The van der Waals surface area contributed by atoms with Crippen molar-refractivity contribution < 1.29 is 9.59 Å². The van der Waals surface area contributed by atoms with E-state index in [4.69, 9.17) is 0 Å². The largest absolute Gasteiger partial charge is 0.332 e. The summed E-state index contributed by atoms with van der Waals surface area (Å²) < 4.78 is 0. The van der Waals surface area contributed by atoms with Crippen molar-refractivity contribution in [2.24, 2.45) is 0 Å². The van der Waals surface area contributed by atoms with E-state index in [-0.39, 0.29) is 25.0 Å². The molecular weight excluding hydrogens is 418 g/mol. The Morgan fingerprint density at radius 1 is 0.969 bits per heavy atom. The summed E-state index contributed by atoms with van der Waals surface area (Å²) in [6.07, 6.45) is 1.63. The van der Waals surface area contributed by atoms with Gasteiger partial charge in [-0.05, 0) is 54.1 Å². The topological polar surface area (TPSA) is 52.7 Å². The number of nitrogens with zero attached hydrogens (tertiary/aromatic N) is 2. The summed E-state index contributed by atoms with van der Waals surface area (Å²) in [7, 11) is 0. The van der Waals surface area contributed by atoms with Crippen LogP contribution in [0.5, 0.6) is 0 Å². The smallest absolute Gasteiger partial charge is 0.322 e. The fourth-order valence-electron chi connectivity index (χ4n) is 3.29. The molecule has 0 aliphatic rings. The van der Waals surface area contributed by atoms with Crippen LogP contribution in [0.15, 0.2) is 78.7 Å². The second kappa shape index (κ2) is 11.3. The monoisotopic (exact) mass is 447 g/mol. The molecule has 2 aromatic carbocycles. The number of hydrogen-bond donors (Lipinski definition) is 1. The lowest BCUT2D eigenvalue weighted by Crippen LogP contribution is -2.44. The summed E-state index contributed by atoms with van der Waals surface area (Å²) in [5, 5.41) is 4.91. The SMILES string of the molecule is C=CCN(CC(=O)N(Cc1ccccc1)Cc1cccs1)C(=O)Nc1ccc(C)c(C)c1. The van der Waals surface area contributed by atoms with Crippen LogP contribution < -0.4 is 5.32 Å². The fourth-order valence-corrected chi connectivity index (χ4v) is 4.01. The standard InChI is InChI=1S/C26H29N3O2S/c1-4-14-28(26(31)27-23-13-12-20(2)21(3)16-23)19-25(30)29(18-24-11-8-15-32-24)17-22-9-6-5-7-10-22/h4-13,15-16H,1,14,17-19H2,2-3H3,(H,27,31). The van der Waals surface area contributed by atoms with Crippen molar-refractivity contribution in [2.45, 2.75) is 26.9 Å². The van der Waals surface area contributed by atoms with Gasteiger partial charge in [-0.2, -0.15) is 0 Å². The molecule has 0 atom stereocenters. The first-order chi connectivity index (χ1) is 15.5. The lowest BCUT2D eigenvalue weighted by atomic mass is 10.1. The van der Waals surface area contributed by atoms with Gasteiger partial charge in [-0.15, -0.1) is 17.9 Å². The van der Waals surface area contributed by atoms with Gasteiger partial charge in [-0.1, -0.05) is 48.5 Å². The minimum atomic E-state index is -0.322. The number of rotatable bonds is 9. The maximum absolute atomic E-state index is 13.3. The van der Waals surface area contributed by atoms with E-state index in [0.717, 1.165) is 21.6 Å². The number of nitrogens with one attached hydrogen (secondary N) is 1. The minimum absolute atomic E-state index is 0.0269. The van der Waals surface area contributed by atoms with E-state index in [1.54, 1.807) is 22.3 Å². The molecule has 0 aliphatic heterocycles. The van der Waals surface area contributed by atoms with Gasteiger partial charge in [0.1, 0.15) is 6.54 Å². The molecule has 1 heterocycles. The quantitative estimate of drug-likeness (QED) is 0.433. The van der Waals surface area contributed by atoms with Gasteiger partial charge in [-0.25, -0.2) is 4.79 Å². The van der Waals surface area contributed by atoms with E-state index < -0.39 is 0 Å². The molecule has 0 radical (unpaired) electrons. The third-order valence-corrected chi connectivity index (χ3v) is 6.08. The van der Waals surface area contributed by atoms with E-state index in [0.29, 0.717) is 18.8 Å². The number of carbonyl (C=O) groups is 2. The predicted molar refractivity (Wildman–Crippen MR) is 132 cm³/mol. The third kappa shape index (κ3) is 6.56. The number of anilines is 1. The number of benzene rings is 2. The maximum Gasteiger partial charge on any atom is 0.322 e. The van der Waals surface area contributed by atoms with Crippen molar-refractivity contribution in [2.75, 3.05) is 18.4 Å². The van der Waals surface area contributed by atoms with Crippen molar-refractivity contribution in [3.05, 3.63) is 100 Å². The Hall–Kier alpha value is -3.38. The zero-order chi connectivity index (χ0) is 22.9. The number of carbonyl (C=O) groups excluding carboxylic acids is 2. The lowest BCUT2D eigenvalue weighted by molar-refractivity contribution is -0.132. The van der Waals surface area contributed by atoms with Crippen molar-refractivity contribution in [1.29, 1.82) is 0 Å². The second-order valence-electron chi connectivity index (χ2n) is 7.71. The molecule has 6 heteroatoms. The highest BCUT2D eigenvalue weighted by atomic mass is 32.1. The zero-order valence-corrected chi connectivity index (χ0v) is 19.4. The van der Waals surface area contributed by atoms with Gasteiger partial charge in [0.05, 0.1) is 6.54 Å². The van der Waals surface area contributed by atoms with Crippen molar-refractivity contribution in [3.8, 4) is 0 Å². The minimum Gasteiger partial charge on any atom is -0.332 e. The van der Waals surface area contributed by atoms with Gasteiger partial charge in [0.25, 0.3) is 0 Å². The van der Waals surface area contributed by atoms with E-state index in [9.17, 15) is 9.59 Å². The fraction of sp³-hybridized carbons (Fsp3) is 0.231. The Labute approximate surface area is 194 Å². The van der Waals surface area contributed by atoms with E-state index in [1.165, 1.54) is 4.90 Å². The molecule has 0 saturated carbocycles. The van der Waals surface area contributed by atoms with Gasteiger partial charge < -0.3 is 15.1 Å². The van der Waals surface area contributed by atoms with Gasteiger partial charge in [0, 0.05) is 23.7 Å². The number of urea groups is 1. The van der Waals surface area contributed by atoms with Crippen LogP contribution in [0.4, 0.5) is 10.5 Å². The average molecular weight is 448 g/mol. The Balaban J connectivity index is 1.73. The molecule has 3 aromatic rings. The maximum atomic E-state index is 13.3. The highest BCUT2D eigenvalue weighted by Crippen LogP contribution is 2.17. The summed E-state index contributed by atoms with van der Waals surface area (Å²) in [4.78, 5) is 30.6. The summed E-state index contributed by atoms with van der Waals surface area (Å²) in [5.41, 5.74) is 4.01. The molecule has 0 fully saturated rings. The zero-order valence-electron chi connectivity index (χ0n) is 18.6. The predicted octanol–water partition coefficient (Wildman–Crippen LogP) is 5.61. The molecule has 0 aliphatic carbocycles. The third-order valence-electron chi connectivity index (χ3n) is 5.22.